The zero-order valence-corrected chi connectivity index (χ0v) is 12.3. The Kier molecular flexibility index (Phi) is 3.51. The van der Waals surface area contributed by atoms with Gasteiger partial charge in [0.05, 0.1) is 4.92 Å². The van der Waals surface area contributed by atoms with Gasteiger partial charge >= 0.3 is 0 Å². The third kappa shape index (κ3) is 2.45. The molecule has 0 saturated carbocycles. The Hall–Kier alpha value is -2.14. The van der Waals surface area contributed by atoms with Gasteiger partial charge in [0, 0.05) is 42.3 Å². The average molecular weight is 285 g/mol. The predicted molar refractivity (Wildman–Crippen MR) is 84.3 cm³/mol. The van der Waals surface area contributed by atoms with E-state index >= 15 is 0 Å². The highest BCUT2D eigenvalue weighted by Crippen LogP contribution is 2.33. The number of hydrogen-bond acceptors (Lipinski definition) is 3. The molecule has 0 saturated heterocycles. The number of non-ortho nitro benzene ring substituents is 1. The molecule has 1 aliphatic rings. The number of aromatic nitrogens is 1. The maximum absolute atomic E-state index is 11.1. The summed E-state index contributed by atoms with van der Waals surface area (Å²) in [5.74, 6) is 0. The van der Waals surface area contributed by atoms with Crippen LogP contribution in [0.15, 0.2) is 30.5 Å². The molecule has 0 spiro atoms. The second-order valence-corrected chi connectivity index (χ2v) is 5.73. The molecule has 0 atom stereocenters. The Morgan fingerprint density at radius 3 is 2.81 bits per heavy atom. The van der Waals surface area contributed by atoms with Crippen molar-refractivity contribution in [3.05, 3.63) is 46.1 Å². The third-order valence-corrected chi connectivity index (χ3v) is 4.21. The highest BCUT2D eigenvalue weighted by molar-refractivity contribution is 5.97. The van der Waals surface area contributed by atoms with Crippen molar-refractivity contribution in [2.24, 2.45) is 0 Å². The molecule has 21 heavy (non-hydrogen) atoms. The molecule has 1 aromatic heterocycles. The number of nitro benzene ring substituents is 1. The monoisotopic (exact) mass is 285 g/mol. The van der Waals surface area contributed by atoms with Crippen LogP contribution in [0.2, 0.25) is 0 Å². The molecule has 5 nitrogen and oxygen atoms in total. The Bertz CT molecular complexity index is 715. The number of aromatic amines is 1. The molecule has 0 aliphatic carbocycles. The van der Waals surface area contributed by atoms with Crippen LogP contribution < -0.4 is 0 Å². The molecule has 0 radical (unpaired) electrons. The number of nitrogens with one attached hydrogen (secondary N) is 1. The molecule has 2 heterocycles. The van der Waals surface area contributed by atoms with Gasteiger partial charge in [-0.1, -0.05) is 18.2 Å². The summed E-state index contributed by atoms with van der Waals surface area (Å²) in [7, 11) is 0. The quantitative estimate of drug-likeness (QED) is 0.692. The summed E-state index contributed by atoms with van der Waals surface area (Å²) >= 11 is 0. The topological polar surface area (TPSA) is 62.2 Å². The minimum atomic E-state index is -0.335. The zero-order chi connectivity index (χ0) is 15.0. The molecule has 1 aromatic carbocycles. The van der Waals surface area contributed by atoms with Crippen LogP contribution in [0.25, 0.3) is 16.5 Å². The number of fused-ring (bicyclic) bond motifs is 1. The smallest absolute Gasteiger partial charge is 0.293 e. The molecule has 3 rings (SSSR count). The fourth-order valence-electron chi connectivity index (χ4n) is 2.95. The maximum Gasteiger partial charge on any atom is 0.293 e. The number of nitrogens with zero attached hydrogens (tertiary/aromatic N) is 2. The van der Waals surface area contributed by atoms with Crippen LogP contribution in [0, 0.1) is 10.1 Å². The first-order chi connectivity index (χ1) is 10.1. The van der Waals surface area contributed by atoms with Gasteiger partial charge in [0.2, 0.25) is 0 Å². The summed E-state index contributed by atoms with van der Waals surface area (Å²) in [5.41, 5.74) is 3.12. The first-order valence-corrected chi connectivity index (χ1v) is 7.26. The largest absolute Gasteiger partial charge is 0.355 e. The summed E-state index contributed by atoms with van der Waals surface area (Å²) < 4.78 is 0. The van der Waals surface area contributed by atoms with Crippen LogP contribution in [-0.2, 0) is 0 Å². The van der Waals surface area contributed by atoms with Gasteiger partial charge in [0.15, 0.2) is 0 Å². The average Bonchev–Trinajstić information content (AvgIpc) is 2.90. The fraction of sp³-hybridized carbons (Fsp3) is 0.375. The van der Waals surface area contributed by atoms with Crippen LogP contribution in [0.4, 0.5) is 5.69 Å². The van der Waals surface area contributed by atoms with E-state index in [9.17, 15) is 10.1 Å². The van der Waals surface area contributed by atoms with Gasteiger partial charge in [-0.2, -0.15) is 0 Å². The summed E-state index contributed by atoms with van der Waals surface area (Å²) in [6, 6.07) is 5.79. The lowest BCUT2D eigenvalue weighted by Crippen LogP contribution is -2.34. The Balaban J connectivity index is 1.99. The molecule has 0 unspecified atom stereocenters. The number of rotatable bonds is 3. The number of para-hydroxylation sites is 1. The maximum atomic E-state index is 11.1. The SMILES string of the molecule is CC(C)N1CC=C(c2c[nH]c3c([N+](=O)[O-])cccc23)CC1. The molecule has 1 N–H and O–H groups in total. The molecule has 0 bridgehead atoms. The third-order valence-electron chi connectivity index (χ3n) is 4.21. The van der Waals surface area contributed by atoms with Gasteiger partial charge < -0.3 is 4.98 Å². The van der Waals surface area contributed by atoms with E-state index in [1.807, 2.05) is 12.3 Å². The van der Waals surface area contributed by atoms with Crippen LogP contribution in [0.1, 0.15) is 25.8 Å². The van der Waals surface area contributed by atoms with Crippen molar-refractivity contribution < 1.29 is 4.92 Å². The minimum Gasteiger partial charge on any atom is -0.355 e. The highest BCUT2D eigenvalue weighted by atomic mass is 16.6. The van der Waals surface area contributed by atoms with Gasteiger partial charge in [-0.25, -0.2) is 0 Å². The van der Waals surface area contributed by atoms with Crippen molar-refractivity contribution in [1.29, 1.82) is 0 Å². The summed E-state index contributed by atoms with van der Waals surface area (Å²) in [6.07, 6.45) is 5.12. The second kappa shape index (κ2) is 5.33. The summed E-state index contributed by atoms with van der Waals surface area (Å²) in [6.45, 7) is 6.38. The van der Waals surface area contributed by atoms with Crippen molar-refractivity contribution in [2.45, 2.75) is 26.3 Å². The van der Waals surface area contributed by atoms with Gasteiger partial charge in [-0.05, 0) is 25.8 Å². The van der Waals surface area contributed by atoms with Crippen molar-refractivity contribution in [3.63, 3.8) is 0 Å². The molecule has 0 fully saturated rings. The van der Waals surface area contributed by atoms with E-state index in [-0.39, 0.29) is 10.6 Å². The minimum absolute atomic E-state index is 0.138. The number of nitro groups is 1. The fourth-order valence-corrected chi connectivity index (χ4v) is 2.95. The molecular formula is C16H19N3O2. The van der Waals surface area contributed by atoms with E-state index in [1.54, 1.807) is 12.1 Å². The lowest BCUT2D eigenvalue weighted by atomic mass is 9.98. The van der Waals surface area contributed by atoms with E-state index in [0.717, 1.165) is 30.5 Å². The Morgan fingerprint density at radius 1 is 1.38 bits per heavy atom. The molecular weight excluding hydrogens is 266 g/mol. The van der Waals surface area contributed by atoms with Gasteiger partial charge in [0.1, 0.15) is 5.52 Å². The molecule has 110 valence electrons. The molecule has 1 aliphatic heterocycles. The highest BCUT2D eigenvalue weighted by Gasteiger charge is 2.20. The second-order valence-electron chi connectivity index (χ2n) is 5.73. The number of hydrogen-bond donors (Lipinski definition) is 1. The molecule has 2 aromatic rings. The predicted octanol–water partition coefficient (Wildman–Crippen LogP) is 3.57. The number of H-pyrrole nitrogens is 1. The van der Waals surface area contributed by atoms with Crippen LogP contribution >= 0.6 is 0 Å². The normalized spacial score (nSPS) is 16.4. The van der Waals surface area contributed by atoms with E-state index in [1.165, 1.54) is 5.57 Å². The molecule has 0 amide bonds. The van der Waals surface area contributed by atoms with Crippen LogP contribution in [0.5, 0.6) is 0 Å². The number of benzene rings is 1. The summed E-state index contributed by atoms with van der Waals surface area (Å²) in [5, 5.41) is 12.0. The lowest BCUT2D eigenvalue weighted by molar-refractivity contribution is -0.383. The standard InChI is InChI=1S/C16H19N3O2/c1-11(2)18-8-6-12(7-9-18)14-10-17-16-13(14)4-3-5-15(16)19(20)21/h3-6,10-11,17H,7-9H2,1-2H3. The van der Waals surface area contributed by atoms with Crippen molar-refractivity contribution in [1.82, 2.24) is 9.88 Å². The van der Waals surface area contributed by atoms with E-state index in [4.69, 9.17) is 0 Å². The Labute approximate surface area is 123 Å². The zero-order valence-electron chi connectivity index (χ0n) is 12.3. The van der Waals surface area contributed by atoms with Gasteiger partial charge in [0.25, 0.3) is 5.69 Å². The van der Waals surface area contributed by atoms with Crippen molar-refractivity contribution >= 4 is 22.2 Å². The van der Waals surface area contributed by atoms with E-state index < -0.39 is 0 Å². The van der Waals surface area contributed by atoms with E-state index in [2.05, 4.69) is 29.8 Å². The van der Waals surface area contributed by atoms with Crippen molar-refractivity contribution in [2.75, 3.05) is 13.1 Å². The lowest BCUT2D eigenvalue weighted by Gasteiger charge is -2.29. The first-order valence-electron chi connectivity index (χ1n) is 7.26. The van der Waals surface area contributed by atoms with Crippen molar-refractivity contribution in [3.8, 4) is 0 Å². The Morgan fingerprint density at radius 2 is 2.19 bits per heavy atom. The van der Waals surface area contributed by atoms with Gasteiger partial charge in [-0.3, -0.25) is 15.0 Å². The van der Waals surface area contributed by atoms with Crippen LogP contribution in [0.3, 0.4) is 0 Å². The summed E-state index contributed by atoms with van der Waals surface area (Å²) in [4.78, 5) is 16.2. The van der Waals surface area contributed by atoms with Gasteiger partial charge in [-0.15, -0.1) is 0 Å². The van der Waals surface area contributed by atoms with Crippen LogP contribution in [-0.4, -0.2) is 33.9 Å². The first kappa shape index (κ1) is 13.8. The molecule has 5 heteroatoms. The van der Waals surface area contributed by atoms with E-state index in [0.29, 0.717) is 11.6 Å².